The molecule has 0 fully saturated rings. The first-order valence-electron chi connectivity index (χ1n) is 18.6. The van der Waals surface area contributed by atoms with E-state index in [1.54, 1.807) is 39.7 Å². The van der Waals surface area contributed by atoms with Crippen LogP contribution in [0.5, 0.6) is 0 Å². The van der Waals surface area contributed by atoms with Crippen LogP contribution in [0.2, 0.25) is 0 Å². The van der Waals surface area contributed by atoms with Crippen LogP contribution in [-0.2, 0) is 33.5 Å². The number of hydrogen-bond donors (Lipinski definition) is 3. The maximum absolute atomic E-state index is 14.4. The van der Waals surface area contributed by atoms with Gasteiger partial charge < -0.3 is 40.7 Å². The van der Waals surface area contributed by atoms with E-state index in [0.717, 1.165) is 25.4 Å². The summed E-state index contributed by atoms with van der Waals surface area (Å²) in [5.41, 5.74) is 4.53. The number of carbonyl (C=O) groups is 6. The fourth-order valence-corrected chi connectivity index (χ4v) is 6.73. The van der Waals surface area contributed by atoms with Gasteiger partial charge in [-0.05, 0) is 58.5 Å². The van der Waals surface area contributed by atoms with E-state index in [0.29, 0.717) is 18.6 Å². The van der Waals surface area contributed by atoms with E-state index in [4.69, 9.17) is 10.5 Å². The molecule has 4 N–H and O–H groups in total. The summed E-state index contributed by atoms with van der Waals surface area (Å²) in [4.78, 5) is 87.2. The third-order valence-electron chi connectivity index (χ3n) is 9.52. The fourth-order valence-electron chi connectivity index (χ4n) is 5.59. The Bertz CT molecular complexity index is 1170. The second kappa shape index (κ2) is 23.7. The molecule has 0 aromatic carbocycles. The minimum Gasteiger partial charge on any atom is -0.379 e. The molecular formula is C37H71N7O7S. The number of rotatable bonds is 25. The van der Waals surface area contributed by atoms with Gasteiger partial charge in [-0.3, -0.25) is 28.8 Å². The molecular weight excluding hydrogens is 687 g/mol. The minimum absolute atomic E-state index is 0.0213. The number of thioether (sulfide) groups is 1. The van der Waals surface area contributed by atoms with Gasteiger partial charge in [0.2, 0.25) is 35.4 Å². The Morgan fingerprint density at radius 3 is 1.79 bits per heavy atom. The molecule has 0 saturated heterocycles. The number of carbonyl (C=O) groups excluding carboxylic acids is 6. The summed E-state index contributed by atoms with van der Waals surface area (Å²) in [5, 5.41) is 5.49. The van der Waals surface area contributed by atoms with E-state index in [9.17, 15) is 28.8 Å². The van der Waals surface area contributed by atoms with Crippen LogP contribution < -0.4 is 16.4 Å². The Morgan fingerprint density at radius 1 is 0.788 bits per heavy atom. The third-order valence-corrected chi connectivity index (χ3v) is 10.5. The van der Waals surface area contributed by atoms with Crippen LogP contribution in [0.15, 0.2) is 0 Å². The second-order valence-electron chi connectivity index (χ2n) is 15.0. The molecule has 0 heterocycles. The van der Waals surface area contributed by atoms with E-state index in [2.05, 4.69) is 29.4 Å². The van der Waals surface area contributed by atoms with Crippen molar-refractivity contribution in [3.8, 4) is 0 Å². The Balaban J connectivity index is 6.61. The lowest BCUT2D eigenvalue weighted by Gasteiger charge is -2.38. The summed E-state index contributed by atoms with van der Waals surface area (Å²) in [6, 6.07) is -4.81. The Labute approximate surface area is 318 Å². The molecule has 0 aliphatic rings. The van der Waals surface area contributed by atoms with Gasteiger partial charge in [-0.2, -0.15) is 11.8 Å². The van der Waals surface area contributed by atoms with E-state index in [-0.39, 0.29) is 24.7 Å². The molecule has 52 heavy (non-hydrogen) atoms. The first-order chi connectivity index (χ1) is 24.1. The smallest absolute Gasteiger partial charge is 0.246 e. The summed E-state index contributed by atoms with van der Waals surface area (Å²) in [6.45, 7) is 21.3. The number of primary amides is 1. The Morgan fingerprint density at radius 2 is 1.33 bits per heavy atom. The third kappa shape index (κ3) is 16.0. The lowest BCUT2D eigenvalue weighted by atomic mass is 9.95. The number of amides is 6. The highest BCUT2D eigenvalue weighted by Gasteiger charge is 2.40. The molecule has 6 amide bonds. The monoisotopic (exact) mass is 758 g/mol. The highest BCUT2D eigenvalue weighted by molar-refractivity contribution is 7.99. The molecule has 0 radical (unpaired) electrons. The first-order valence-corrected chi connectivity index (χ1v) is 19.8. The van der Waals surface area contributed by atoms with Crippen LogP contribution in [0.3, 0.4) is 0 Å². The number of methoxy groups -OCH3 is 1. The van der Waals surface area contributed by atoms with Gasteiger partial charge in [0.05, 0.1) is 5.60 Å². The zero-order chi connectivity index (χ0) is 40.5. The predicted molar refractivity (Wildman–Crippen MR) is 208 cm³/mol. The van der Waals surface area contributed by atoms with Gasteiger partial charge in [0.1, 0.15) is 30.2 Å². The van der Waals surface area contributed by atoms with Gasteiger partial charge in [-0.15, -0.1) is 0 Å². The van der Waals surface area contributed by atoms with Crippen LogP contribution in [0.4, 0.5) is 0 Å². The van der Waals surface area contributed by atoms with E-state index in [1.807, 2.05) is 34.6 Å². The fraction of sp³-hybridized carbons (Fsp3) is 0.838. The van der Waals surface area contributed by atoms with Gasteiger partial charge in [-0.25, -0.2) is 0 Å². The minimum atomic E-state index is -1.06. The second-order valence-corrected chi connectivity index (χ2v) is 16.1. The molecule has 0 saturated carbocycles. The van der Waals surface area contributed by atoms with Crippen molar-refractivity contribution >= 4 is 47.2 Å². The number of hydrogen-bond acceptors (Lipinski definition) is 9. The first kappa shape index (κ1) is 49.1. The topological polar surface area (TPSA) is 175 Å². The molecule has 5 atom stereocenters. The number of nitrogens with one attached hydrogen (secondary N) is 2. The van der Waals surface area contributed by atoms with E-state index in [1.165, 1.54) is 35.8 Å². The van der Waals surface area contributed by atoms with Crippen molar-refractivity contribution in [2.75, 3.05) is 59.4 Å². The molecule has 0 aliphatic carbocycles. The van der Waals surface area contributed by atoms with Crippen LogP contribution in [0.1, 0.15) is 94.9 Å². The number of ether oxygens (including phenoxy) is 1. The van der Waals surface area contributed by atoms with Gasteiger partial charge in [0.25, 0.3) is 0 Å². The highest BCUT2D eigenvalue weighted by Crippen LogP contribution is 2.23. The number of nitrogens with zero attached hydrogens (tertiary/aromatic N) is 4. The normalized spacial score (nSPS) is 14.7. The number of likely N-dealkylation sites (N-methyl/N-ethyl adjacent to an activating group) is 3. The molecule has 0 bridgehead atoms. The largest absolute Gasteiger partial charge is 0.379 e. The predicted octanol–water partition coefficient (Wildman–Crippen LogP) is 2.33. The van der Waals surface area contributed by atoms with Gasteiger partial charge in [0.15, 0.2) is 0 Å². The summed E-state index contributed by atoms with van der Waals surface area (Å²) < 4.78 is 5.69. The van der Waals surface area contributed by atoms with Crippen molar-refractivity contribution in [2.24, 2.45) is 17.6 Å². The molecule has 0 aromatic rings. The maximum atomic E-state index is 14.4. The molecule has 15 heteroatoms. The number of nitrogens with two attached hydrogens (primary N) is 1. The summed E-state index contributed by atoms with van der Waals surface area (Å²) in [6.07, 6.45) is 1.33. The summed E-state index contributed by atoms with van der Waals surface area (Å²) in [5.74, 6) is -2.10. The van der Waals surface area contributed by atoms with Crippen LogP contribution in [-0.4, -0.2) is 150 Å². The average Bonchev–Trinajstić information content (AvgIpc) is 3.08. The Hall–Kier alpha value is -2.91. The molecule has 0 aromatic heterocycles. The maximum Gasteiger partial charge on any atom is 0.246 e. The van der Waals surface area contributed by atoms with Crippen molar-refractivity contribution in [3.63, 3.8) is 0 Å². The van der Waals surface area contributed by atoms with Crippen molar-refractivity contribution in [1.82, 2.24) is 30.2 Å². The summed E-state index contributed by atoms with van der Waals surface area (Å²) in [7, 11) is 6.20. The van der Waals surface area contributed by atoms with Gasteiger partial charge in [-0.1, -0.05) is 48.5 Å². The van der Waals surface area contributed by atoms with Crippen molar-refractivity contribution in [2.45, 2.75) is 131 Å². The molecule has 0 aliphatic heterocycles. The molecule has 0 unspecified atom stereocenters. The SMILES string of the molecule is CCCC(=O)N(C)[C@H](CSCCN(CC)CC)C(=O)N(C)[C@@H](CC(C)(C)OC)C(=O)N[C@H](C(=O)N(C)[C@@H](CC(C)C)C(=O)N[C@H](C)C(N)=O)C(C)C. The molecule has 0 spiro atoms. The lowest BCUT2D eigenvalue weighted by molar-refractivity contribution is -0.149. The highest BCUT2D eigenvalue weighted by atomic mass is 32.2. The quantitative estimate of drug-likeness (QED) is 0.118. The molecule has 302 valence electrons. The van der Waals surface area contributed by atoms with Crippen molar-refractivity contribution in [3.05, 3.63) is 0 Å². The zero-order valence-electron chi connectivity index (χ0n) is 34.5. The Kier molecular flexibility index (Phi) is 22.4. The van der Waals surface area contributed by atoms with Crippen LogP contribution in [0, 0.1) is 11.8 Å². The summed E-state index contributed by atoms with van der Waals surface area (Å²) >= 11 is 1.59. The standard InChI is InChI=1S/C37H71N7O7S/c1-15-18-30(45)41(11)29(23-52-20-19-44(16-2)17-3)35(49)43(13)28(22-37(9,10)51-14)34(48)40-31(25(6)7)36(50)42(12)27(21-24(4)5)33(47)39-26(8)32(38)46/h24-29,31H,15-23H2,1-14H3,(H2,38,46)(H,39,47)(H,40,48)/t26-,27+,28+,29-,31+/m1/s1. The van der Waals surface area contributed by atoms with Gasteiger partial charge >= 0.3 is 0 Å². The van der Waals surface area contributed by atoms with E-state index >= 15 is 0 Å². The van der Waals surface area contributed by atoms with Gasteiger partial charge in [0, 0.05) is 59.1 Å². The zero-order valence-corrected chi connectivity index (χ0v) is 35.4. The van der Waals surface area contributed by atoms with Crippen LogP contribution >= 0.6 is 11.8 Å². The van der Waals surface area contributed by atoms with Crippen molar-refractivity contribution in [1.29, 1.82) is 0 Å². The van der Waals surface area contributed by atoms with Crippen molar-refractivity contribution < 1.29 is 33.5 Å². The van der Waals surface area contributed by atoms with E-state index < -0.39 is 71.3 Å². The lowest BCUT2D eigenvalue weighted by Crippen LogP contribution is -2.61. The molecule has 14 nitrogen and oxygen atoms in total. The molecule has 0 rings (SSSR count). The average molecular weight is 758 g/mol. The van der Waals surface area contributed by atoms with Crippen LogP contribution in [0.25, 0.3) is 0 Å².